The molecule has 0 aromatic carbocycles. The number of nitrogens with two attached hydrogens (primary N) is 1. The molecular weight excluding hydrogens is 252 g/mol. The number of aliphatic hydroxyl groups is 1. The summed E-state index contributed by atoms with van der Waals surface area (Å²) in [6, 6.07) is -0.0446. The Morgan fingerprint density at radius 3 is 2.65 bits per heavy atom. The Morgan fingerprint density at radius 2 is 2.15 bits per heavy atom. The summed E-state index contributed by atoms with van der Waals surface area (Å²) in [4.78, 5) is 0. The first-order valence-electron chi connectivity index (χ1n) is 6.77. The minimum atomic E-state index is -0.0446. The van der Waals surface area contributed by atoms with E-state index in [1.807, 2.05) is 24.5 Å². The van der Waals surface area contributed by atoms with E-state index in [2.05, 4.69) is 30.6 Å². The maximum Gasteiger partial charge on any atom is 0.159 e. The van der Waals surface area contributed by atoms with Gasteiger partial charge in [0.2, 0.25) is 0 Å². The summed E-state index contributed by atoms with van der Waals surface area (Å²) in [6.45, 7) is 11.7. The fourth-order valence-electron chi connectivity index (χ4n) is 1.33. The van der Waals surface area contributed by atoms with E-state index in [0.717, 1.165) is 11.4 Å². The fourth-order valence-corrected chi connectivity index (χ4v) is 1.33. The molecule has 0 amide bonds. The molecule has 1 atom stereocenters. The van der Waals surface area contributed by atoms with Crippen molar-refractivity contribution in [2.45, 2.75) is 40.2 Å². The predicted molar refractivity (Wildman–Crippen MR) is 83.9 cm³/mol. The zero-order chi connectivity index (χ0) is 15.5. The van der Waals surface area contributed by atoms with Gasteiger partial charge in [0.25, 0.3) is 0 Å². The van der Waals surface area contributed by atoms with Crippen LogP contribution in [-0.2, 0) is 0 Å². The Bertz CT molecular complexity index is 460. The van der Waals surface area contributed by atoms with Crippen molar-refractivity contribution in [1.29, 1.82) is 0 Å². The van der Waals surface area contributed by atoms with Gasteiger partial charge in [0, 0.05) is 5.70 Å². The number of allylic oxidation sites excluding steroid dienone is 4. The first-order chi connectivity index (χ1) is 9.47. The molecule has 1 rings (SSSR count). The molecular formula is C15H26N4O. The zero-order valence-corrected chi connectivity index (χ0v) is 12.9. The molecule has 0 fully saturated rings. The number of aliphatic hydroxyl groups excluding tert-OH is 1. The van der Waals surface area contributed by atoms with Crippen molar-refractivity contribution in [1.82, 2.24) is 14.8 Å². The van der Waals surface area contributed by atoms with Gasteiger partial charge < -0.3 is 15.4 Å². The van der Waals surface area contributed by atoms with Gasteiger partial charge in [-0.3, -0.25) is 0 Å². The largest absolute Gasteiger partial charge is 0.399 e. The molecule has 0 saturated heterocycles. The molecule has 5 nitrogen and oxygen atoms in total. The first-order valence-corrected chi connectivity index (χ1v) is 6.77. The van der Waals surface area contributed by atoms with E-state index in [0.29, 0.717) is 5.70 Å². The summed E-state index contributed by atoms with van der Waals surface area (Å²) >= 11 is 0. The fraction of sp³-hybridized carbons (Fsp3) is 0.467. The van der Waals surface area contributed by atoms with Crippen molar-refractivity contribution < 1.29 is 5.11 Å². The number of hydrogen-bond donors (Lipinski definition) is 2. The molecule has 0 radical (unpaired) electrons. The van der Waals surface area contributed by atoms with Gasteiger partial charge in [0.1, 0.15) is 6.33 Å². The highest BCUT2D eigenvalue weighted by atomic mass is 16.3. The quantitative estimate of drug-likeness (QED) is 0.812. The molecule has 0 aliphatic carbocycles. The van der Waals surface area contributed by atoms with Crippen LogP contribution in [0.25, 0.3) is 5.57 Å². The SMILES string of the molecule is C=C(N)/C=C\C=C(/C)c1nncn1C(C)CO.CCC. The van der Waals surface area contributed by atoms with E-state index in [9.17, 15) is 0 Å². The second-order valence-corrected chi connectivity index (χ2v) is 4.58. The van der Waals surface area contributed by atoms with E-state index in [4.69, 9.17) is 10.8 Å². The minimum absolute atomic E-state index is 0.0446. The molecule has 1 aromatic heterocycles. The van der Waals surface area contributed by atoms with Crippen LogP contribution in [0.15, 0.2) is 36.8 Å². The molecule has 112 valence electrons. The third kappa shape index (κ3) is 6.33. The van der Waals surface area contributed by atoms with Gasteiger partial charge in [-0.25, -0.2) is 0 Å². The maximum atomic E-state index is 9.12. The highest BCUT2D eigenvalue weighted by Gasteiger charge is 2.10. The van der Waals surface area contributed by atoms with Crippen LogP contribution in [0.2, 0.25) is 0 Å². The third-order valence-electron chi connectivity index (χ3n) is 2.32. The van der Waals surface area contributed by atoms with E-state index in [1.165, 1.54) is 6.42 Å². The molecule has 0 spiro atoms. The predicted octanol–water partition coefficient (Wildman–Crippen LogP) is 2.68. The van der Waals surface area contributed by atoms with E-state index in [-0.39, 0.29) is 12.6 Å². The molecule has 3 N–H and O–H groups in total. The molecule has 20 heavy (non-hydrogen) atoms. The van der Waals surface area contributed by atoms with E-state index < -0.39 is 0 Å². The number of nitrogens with zero attached hydrogens (tertiary/aromatic N) is 3. The van der Waals surface area contributed by atoms with Gasteiger partial charge in [-0.1, -0.05) is 39.0 Å². The van der Waals surface area contributed by atoms with Crippen molar-refractivity contribution in [2.24, 2.45) is 5.73 Å². The summed E-state index contributed by atoms with van der Waals surface area (Å²) in [5, 5.41) is 17.0. The number of rotatable bonds is 5. The lowest BCUT2D eigenvalue weighted by molar-refractivity contribution is 0.238. The van der Waals surface area contributed by atoms with Crippen molar-refractivity contribution >= 4 is 5.57 Å². The van der Waals surface area contributed by atoms with Gasteiger partial charge in [-0.2, -0.15) is 0 Å². The second kappa shape index (κ2) is 9.97. The van der Waals surface area contributed by atoms with Crippen LogP contribution in [0.1, 0.15) is 46.0 Å². The van der Waals surface area contributed by atoms with Crippen LogP contribution in [0.5, 0.6) is 0 Å². The summed E-state index contributed by atoms with van der Waals surface area (Å²) < 4.78 is 1.83. The Labute approximate surface area is 121 Å². The molecule has 1 unspecified atom stereocenters. The van der Waals surface area contributed by atoms with Crippen LogP contribution >= 0.6 is 0 Å². The number of aromatic nitrogens is 3. The maximum absolute atomic E-state index is 9.12. The highest BCUT2D eigenvalue weighted by molar-refractivity contribution is 5.59. The minimum Gasteiger partial charge on any atom is -0.399 e. The average Bonchev–Trinajstić information content (AvgIpc) is 2.87. The monoisotopic (exact) mass is 278 g/mol. The summed E-state index contributed by atoms with van der Waals surface area (Å²) in [5.74, 6) is 0.735. The van der Waals surface area contributed by atoms with Gasteiger partial charge in [0.05, 0.1) is 12.6 Å². The van der Waals surface area contributed by atoms with Crippen LogP contribution in [0.4, 0.5) is 0 Å². The Hall–Kier alpha value is -1.88. The first kappa shape index (κ1) is 18.1. The lowest BCUT2D eigenvalue weighted by Gasteiger charge is -2.12. The van der Waals surface area contributed by atoms with E-state index in [1.54, 1.807) is 18.5 Å². The molecule has 0 aliphatic heterocycles. The van der Waals surface area contributed by atoms with Gasteiger partial charge in [-0.15, -0.1) is 10.2 Å². The van der Waals surface area contributed by atoms with Crippen LogP contribution in [0.3, 0.4) is 0 Å². The average molecular weight is 278 g/mol. The normalized spacial score (nSPS) is 12.9. The van der Waals surface area contributed by atoms with Crippen molar-refractivity contribution in [3.05, 3.63) is 42.7 Å². The standard InChI is InChI=1S/C12H18N4O.C3H8/c1-9(5-4-6-10(2)13)12-15-14-8-16(12)11(3)7-17;1-3-2/h4-6,8,11,17H,2,7,13H2,1,3H3;3H2,1-2H3/b6-4-,9-5+;. The summed E-state index contributed by atoms with van der Waals surface area (Å²) in [6.07, 6.45) is 8.25. The van der Waals surface area contributed by atoms with Crippen molar-refractivity contribution in [3.63, 3.8) is 0 Å². The van der Waals surface area contributed by atoms with Gasteiger partial charge in [-0.05, 0) is 25.5 Å². The van der Waals surface area contributed by atoms with Crippen molar-refractivity contribution in [3.8, 4) is 0 Å². The van der Waals surface area contributed by atoms with Crippen LogP contribution in [0, 0.1) is 0 Å². The molecule has 0 bridgehead atoms. The zero-order valence-electron chi connectivity index (χ0n) is 12.9. The van der Waals surface area contributed by atoms with Gasteiger partial charge >= 0.3 is 0 Å². The molecule has 1 heterocycles. The molecule has 0 saturated carbocycles. The van der Waals surface area contributed by atoms with Crippen LogP contribution in [-0.4, -0.2) is 26.5 Å². The van der Waals surface area contributed by atoms with E-state index >= 15 is 0 Å². The lowest BCUT2D eigenvalue weighted by Crippen LogP contribution is -2.11. The third-order valence-corrected chi connectivity index (χ3v) is 2.32. The summed E-state index contributed by atoms with van der Waals surface area (Å²) in [5.41, 5.74) is 6.86. The number of hydrogen-bond acceptors (Lipinski definition) is 4. The molecule has 1 aromatic rings. The second-order valence-electron chi connectivity index (χ2n) is 4.58. The summed E-state index contributed by atoms with van der Waals surface area (Å²) in [7, 11) is 0. The Balaban J connectivity index is 0.00000110. The topological polar surface area (TPSA) is 77.0 Å². The van der Waals surface area contributed by atoms with Crippen molar-refractivity contribution in [2.75, 3.05) is 6.61 Å². The molecule has 0 aliphatic rings. The lowest BCUT2D eigenvalue weighted by atomic mass is 10.2. The molecule has 5 heteroatoms. The van der Waals surface area contributed by atoms with Crippen LogP contribution < -0.4 is 5.73 Å². The smallest absolute Gasteiger partial charge is 0.159 e. The Kier molecular flexibility index (Phi) is 9.04. The van der Waals surface area contributed by atoms with Gasteiger partial charge in [0.15, 0.2) is 5.82 Å². The Morgan fingerprint density at radius 1 is 1.55 bits per heavy atom. The highest BCUT2D eigenvalue weighted by Crippen LogP contribution is 2.15.